The number of thiophene rings is 1. The molecule has 24 heavy (non-hydrogen) atoms. The van der Waals surface area contributed by atoms with E-state index >= 15 is 0 Å². The maximum Gasteiger partial charge on any atom is 0.261 e. The zero-order valence-electron chi connectivity index (χ0n) is 14.1. The molecule has 1 atom stereocenters. The van der Waals surface area contributed by atoms with Gasteiger partial charge in [0.15, 0.2) is 0 Å². The highest BCUT2D eigenvalue weighted by atomic mass is 32.1. The van der Waals surface area contributed by atoms with Crippen LogP contribution in [0.15, 0.2) is 30.3 Å². The second-order valence-electron chi connectivity index (χ2n) is 6.19. The van der Waals surface area contributed by atoms with Gasteiger partial charge in [0.05, 0.1) is 18.5 Å². The zero-order chi connectivity index (χ0) is 16.9. The van der Waals surface area contributed by atoms with Crippen LogP contribution in [0, 0.1) is 5.92 Å². The Labute approximate surface area is 146 Å². The second-order valence-corrected chi connectivity index (χ2v) is 7.32. The van der Waals surface area contributed by atoms with E-state index in [-0.39, 0.29) is 5.91 Å². The number of carbonyl (C=O) groups is 1. The van der Waals surface area contributed by atoms with E-state index in [1.165, 1.54) is 16.9 Å². The van der Waals surface area contributed by atoms with E-state index in [1.54, 1.807) is 18.4 Å². The third kappa shape index (κ3) is 4.09. The number of carbonyl (C=O) groups excluding carboxylic acids is 1. The van der Waals surface area contributed by atoms with E-state index < -0.39 is 0 Å². The van der Waals surface area contributed by atoms with Gasteiger partial charge in [0.25, 0.3) is 5.91 Å². The molecule has 0 unspecified atom stereocenters. The van der Waals surface area contributed by atoms with Crippen molar-refractivity contribution in [2.24, 2.45) is 5.92 Å². The molecule has 2 aromatic rings. The lowest BCUT2D eigenvalue weighted by Gasteiger charge is -2.16. The van der Waals surface area contributed by atoms with Gasteiger partial charge in [0.1, 0.15) is 18.1 Å². The number of rotatable bonds is 6. The molecule has 128 valence electrons. The molecule has 1 aromatic heterocycles. The summed E-state index contributed by atoms with van der Waals surface area (Å²) in [5, 5.41) is 2.93. The van der Waals surface area contributed by atoms with Crippen molar-refractivity contribution in [1.29, 1.82) is 0 Å². The Bertz CT molecular complexity index is 693. The van der Waals surface area contributed by atoms with Crippen molar-refractivity contribution in [3.63, 3.8) is 0 Å². The highest BCUT2D eigenvalue weighted by molar-refractivity contribution is 7.14. The molecule has 0 bridgehead atoms. The van der Waals surface area contributed by atoms with Gasteiger partial charge in [0, 0.05) is 4.88 Å². The van der Waals surface area contributed by atoms with Gasteiger partial charge in [-0.1, -0.05) is 6.92 Å². The SMILES string of the molecule is COc1ccc(OCCNC(=O)c2cc3c(s2)CC[C@@H](C)C3)cc1. The van der Waals surface area contributed by atoms with Gasteiger partial charge < -0.3 is 14.8 Å². The van der Waals surface area contributed by atoms with Gasteiger partial charge in [0.2, 0.25) is 0 Å². The number of fused-ring (bicyclic) bond motifs is 1. The first kappa shape index (κ1) is 16.8. The van der Waals surface area contributed by atoms with Crippen LogP contribution in [-0.4, -0.2) is 26.2 Å². The van der Waals surface area contributed by atoms with Crippen LogP contribution in [0.1, 0.15) is 33.5 Å². The van der Waals surface area contributed by atoms with Crippen LogP contribution in [0.25, 0.3) is 0 Å². The molecule has 0 radical (unpaired) electrons. The van der Waals surface area contributed by atoms with E-state index in [2.05, 4.69) is 18.3 Å². The molecule has 1 aromatic carbocycles. The fourth-order valence-electron chi connectivity index (χ4n) is 2.91. The Kier molecular flexibility index (Phi) is 5.41. The summed E-state index contributed by atoms with van der Waals surface area (Å²) in [6, 6.07) is 9.48. The molecule has 0 fully saturated rings. The smallest absolute Gasteiger partial charge is 0.261 e. The number of ether oxygens (including phenoxy) is 2. The predicted molar refractivity (Wildman–Crippen MR) is 96.3 cm³/mol. The summed E-state index contributed by atoms with van der Waals surface area (Å²) in [5.41, 5.74) is 1.36. The fraction of sp³-hybridized carbons (Fsp3) is 0.421. The van der Waals surface area contributed by atoms with Crippen molar-refractivity contribution in [3.8, 4) is 11.5 Å². The first-order valence-electron chi connectivity index (χ1n) is 8.32. The minimum absolute atomic E-state index is 0.000356. The lowest BCUT2D eigenvalue weighted by Crippen LogP contribution is -2.27. The lowest BCUT2D eigenvalue weighted by atomic mass is 9.90. The molecule has 1 heterocycles. The molecule has 1 aliphatic rings. The second kappa shape index (κ2) is 7.71. The van der Waals surface area contributed by atoms with Crippen LogP contribution < -0.4 is 14.8 Å². The number of hydrogen-bond acceptors (Lipinski definition) is 4. The number of aryl methyl sites for hydroxylation is 1. The van der Waals surface area contributed by atoms with Gasteiger partial charge in [-0.15, -0.1) is 11.3 Å². The van der Waals surface area contributed by atoms with Crippen LogP contribution >= 0.6 is 11.3 Å². The average molecular weight is 345 g/mol. The number of methoxy groups -OCH3 is 1. The van der Waals surface area contributed by atoms with Crippen molar-refractivity contribution in [2.75, 3.05) is 20.3 Å². The van der Waals surface area contributed by atoms with Gasteiger partial charge in [-0.25, -0.2) is 0 Å². The van der Waals surface area contributed by atoms with Crippen LogP contribution in [0.5, 0.6) is 11.5 Å². The Balaban J connectivity index is 1.45. The molecular formula is C19H23NO3S. The summed E-state index contributed by atoms with van der Waals surface area (Å²) in [6.45, 7) is 3.21. The minimum Gasteiger partial charge on any atom is -0.497 e. The van der Waals surface area contributed by atoms with Crippen molar-refractivity contribution < 1.29 is 14.3 Å². The molecule has 4 nitrogen and oxygen atoms in total. The molecule has 1 N–H and O–H groups in total. The molecule has 1 amide bonds. The Morgan fingerprint density at radius 3 is 2.79 bits per heavy atom. The molecule has 0 aliphatic heterocycles. The van der Waals surface area contributed by atoms with Crippen LogP contribution in [0.4, 0.5) is 0 Å². The summed E-state index contributed by atoms with van der Waals surface area (Å²) in [5.74, 6) is 2.29. The summed E-state index contributed by atoms with van der Waals surface area (Å²) in [4.78, 5) is 14.5. The molecular weight excluding hydrogens is 322 g/mol. The maximum absolute atomic E-state index is 12.3. The minimum atomic E-state index is 0.000356. The van der Waals surface area contributed by atoms with Crippen LogP contribution in [-0.2, 0) is 12.8 Å². The highest BCUT2D eigenvalue weighted by Crippen LogP contribution is 2.32. The molecule has 3 rings (SSSR count). The van der Waals surface area contributed by atoms with Gasteiger partial charge >= 0.3 is 0 Å². The van der Waals surface area contributed by atoms with Crippen molar-refractivity contribution in [2.45, 2.75) is 26.2 Å². The number of nitrogens with one attached hydrogen (secondary N) is 1. The Hall–Kier alpha value is -2.01. The zero-order valence-corrected chi connectivity index (χ0v) is 14.9. The molecule has 1 aliphatic carbocycles. The maximum atomic E-state index is 12.3. The third-order valence-corrected chi connectivity index (χ3v) is 5.50. The molecule has 0 saturated heterocycles. The molecule has 0 spiro atoms. The summed E-state index contributed by atoms with van der Waals surface area (Å²) in [7, 11) is 1.63. The third-order valence-electron chi connectivity index (χ3n) is 4.27. The van der Waals surface area contributed by atoms with Crippen LogP contribution in [0.3, 0.4) is 0 Å². The molecule has 5 heteroatoms. The highest BCUT2D eigenvalue weighted by Gasteiger charge is 2.20. The summed E-state index contributed by atoms with van der Waals surface area (Å²) < 4.78 is 10.7. The first-order valence-corrected chi connectivity index (χ1v) is 9.14. The van der Waals surface area contributed by atoms with E-state index in [0.717, 1.165) is 35.1 Å². The van der Waals surface area contributed by atoms with E-state index in [0.29, 0.717) is 13.2 Å². The Morgan fingerprint density at radius 2 is 2.04 bits per heavy atom. The van der Waals surface area contributed by atoms with E-state index in [9.17, 15) is 4.79 Å². The van der Waals surface area contributed by atoms with E-state index in [4.69, 9.17) is 9.47 Å². The van der Waals surface area contributed by atoms with E-state index in [1.807, 2.05) is 24.3 Å². The largest absolute Gasteiger partial charge is 0.497 e. The lowest BCUT2D eigenvalue weighted by molar-refractivity contribution is 0.0951. The van der Waals surface area contributed by atoms with Crippen molar-refractivity contribution in [3.05, 3.63) is 45.6 Å². The molecule has 0 saturated carbocycles. The topological polar surface area (TPSA) is 47.6 Å². The predicted octanol–water partition coefficient (Wildman–Crippen LogP) is 3.69. The normalized spacial score (nSPS) is 16.3. The number of benzene rings is 1. The summed E-state index contributed by atoms with van der Waals surface area (Å²) in [6.07, 6.45) is 3.43. The summed E-state index contributed by atoms with van der Waals surface area (Å²) >= 11 is 1.64. The Morgan fingerprint density at radius 1 is 1.29 bits per heavy atom. The number of amides is 1. The average Bonchev–Trinajstić information content (AvgIpc) is 3.02. The quantitative estimate of drug-likeness (QED) is 0.812. The fourth-order valence-corrected chi connectivity index (χ4v) is 4.03. The van der Waals surface area contributed by atoms with Crippen molar-refractivity contribution in [1.82, 2.24) is 5.32 Å². The van der Waals surface area contributed by atoms with Gasteiger partial charge in [-0.2, -0.15) is 0 Å². The van der Waals surface area contributed by atoms with Crippen molar-refractivity contribution >= 4 is 17.2 Å². The van der Waals surface area contributed by atoms with Gasteiger partial charge in [-0.05, 0) is 61.1 Å². The van der Waals surface area contributed by atoms with Gasteiger partial charge in [-0.3, -0.25) is 4.79 Å². The number of hydrogen-bond donors (Lipinski definition) is 1. The van der Waals surface area contributed by atoms with Crippen LogP contribution in [0.2, 0.25) is 0 Å². The first-order chi connectivity index (χ1) is 11.7. The standard InChI is InChI=1S/C19H23NO3S/c1-13-3-8-17-14(11-13)12-18(24-17)19(21)20-9-10-23-16-6-4-15(22-2)5-7-16/h4-7,12-13H,3,8-11H2,1-2H3,(H,20,21)/t13-/m1/s1. The monoisotopic (exact) mass is 345 g/mol.